The fourth-order valence-electron chi connectivity index (χ4n) is 2.15. The van der Waals surface area contributed by atoms with Gasteiger partial charge >= 0.3 is 0 Å². The van der Waals surface area contributed by atoms with Crippen LogP contribution in [0.4, 0.5) is 17.6 Å². The lowest BCUT2D eigenvalue weighted by molar-refractivity contribution is -0.156. The highest BCUT2D eigenvalue weighted by Crippen LogP contribution is 2.44. The van der Waals surface area contributed by atoms with Crippen molar-refractivity contribution in [1.82, 2.24) is 5.32 Å². The first-order chi connectivity index (χ1) is 8.43. The molecular weight excluding hydrogens is 250 g/mol. The number of benzene rings is 1. The van der Waals surface area contributed by atoms with E-state index in [4.69, 9.17) is 0 Å². The molecule has 0 radical (unpaired) electrons. The largest absolute Gasteiger partial charge is 0.339 e. The lowest BCUT2D eigenvalue weighted by atomic mass is 9.79. The minimum atomic E-state index is -3.53. The van der Waals surface area contributed by atoms with Crippen LogP contribution in [-0.4, -0.2) is 18.5 Å². The zero-order valence-corrected chi connectivity index (χ0v) is 9.35. The highest BCUT2D eigenvalue weighted by molar-refractivity contribution is 5.78. The first-order valence-corrected chi connectivity index (χ1v) is 5.43. The van der Waals surface area contributed by atoms with Gasteiger partial charge in [-0.3, -0.25) is 4.79 Å². The van der Waals surface area contributed by atoms with Gasteiger partial charge in [-0.25, -0.2) is 17.6 Å². The van der Waals surface area contributed by atoms with Crippen molar-refractivity contribution in [3.05, 3.63) is 35.6 Å². The molecule has 18 heavy (non-hydrogen) atoms. The summed E-state index contributed by atoms with van der Waals surface area (Å²) in [7, 11) is 0. The van der Waals surface area contributed by atoms with Gasteiger partial charge in [0.15, 0.2) is 5.54 Å². The number of rotatable bonds is 2. The molecule has 1 aromatic carbocycles. The fraction of sp³-hybridized carbons (Fsp3) is 0.417. The molecular formula is C12H11F4NO. The summed E-state index contributed by atoms with van der Waals surface area (Å²) in [5.74, 6) is -5.20. The Bertz CT molecular complexity index is 477. The van der Waals surface area contributed by atoms with Crippen LogP contribution in [0.3, 0.4) is 0 Å². The van der Waals surface area contributed by atoms with Crippen molar-refractivity contribution in [1.29, 1.82) is 0 Å². The normalized spacial score (nSPS) is 26.8. The Morgan fingerprint density at radius 2 is 1.94 bits per heavy atom. The first-order valence-electron chi connectivity index (χ1n) is 5.43. The molecule has 2 nitrogen and oxygen atoms in total. The number of carbonyl (C=O) groups excluding carboxylic acids is 1. The van der Waals surface area contributed by atoms with Gasteiger partial charge in [0.1, 0.15) is 12.5 Å². The monoisotopic (exact) mass is 261 g/mol. The molecule has 0 saturated carbocycles. The third-order valence-corrected chi connectivity index (χ3v) is 3.18. The van der Waals surface area contributed by atoms with Crippen LogP contribution in [0.5, 0.6) is 0 Å². The standard InChI is InChI=1S/C12H11F4NO/c13-7-11(8-3-1-2-4-9(8)14)12(15,16)6-5-10(18)17-11/h1-4H,5-7H2,(H,17,18)/t11-/m1/s1. The van der Waals surface area contributed by atoms with Crippen molar-refractivity contribution >= 4 is 5.91 Å². The SMILES string of the molecule is O=C1CCC(F)(F)[C@@](CF)(c2ccccc2F)N1. The lowest BCUT2D eigenvalue weighted by Gasteiger charge is -2.42. The summed E-state index contributed by atoms with van der Waals surface area (Å²) in [6.07, 6.45) is -1.19. The Labute approximate surface area is 101 Å². The number of nitrogens with one attached hydrogen (secondary N) is 1. The molecule has 1 amide bonds. The van der Waals surface area contributed by atoms with Crippen LogP contribution < -0.4 is 5.32 Å². The fourth-order valence-corrected chi connectivity index (χ4v) is 2.15. The Morgan fingerprint density at radius 3 is 2.56 bits per heavy atom. The van der Waals surface area contributed by atoms with Crippen LogP contribution in [0, 0.1) is 5.82 Å². The van der Waals surface area contributed by atoms with Crippen LogP contribution in [0.15, 0.2) is 24.3 Å². The highest BCUT2D eigenvalue weighted by Gasteiger charge is 2.59. The van der Waals surface area contributed by atoms with Crippen LogP contribution in [0.1, 0.15) is 18.4 Å². The average Bonchev–Trinajstić information content (AvgIpc) is 2.33. The second-order valence-corrected chi connectivity index (χ2v) is 4.27. The van der Waals surface area contributed by atoms with Crippen LogP contribution in [-0.2, 0) is 10.3 Å². The van der Waals surface area contributed by atoms with E-state index < -0.39 is 48.3 Å². The molecule has 0 aromatic heterocycles. The molecule has 98 valence electrons. The molecule has 1 aliphatic heterocycles. The van der Waals surface area contributed by atoms with E-state index in [0.29, 0.717) is 0 Å². The molecule has 0 spiro atoms. The smallest absolute Gasteiger partial charge is 0.278 e. The second-order valence-electron chi connectivity index (χ2n) is 4.27. The summed E-state index contributed by atoms with van der Waals surface area (Å²) in [6.45, 7) is -1.56. The van der Waals surface area contributed by atoms with Gasteiger partial charge in [0.05, 0.1) is 0 Å². The Hall–Kier alpha value is -1.59. The predicted octanol–water partition coefficient (Wildman–Crippen LogP) is 2.54. The summed E-state index contributed by atoms with van der Waals surface area (Å²) < 4.78 is 54.7. The molecule has 0 unspecified atom stereocenters. The van der Waals surface area contributed by atoms with E-state index in [1.165, 1.54) is 12.1 Å². The lowest BCUT2D eigenvalue weighted by Crippen LogP contribution is -2.63. The molecule has 1 aliphatic rings. The molecule has 1 atom stereocenters. The van der Waals surface area contributed by atoms with Crippen molar-refractivity contribution < 1.29 is 22.4 Å². The van der Waals surface area contributed by atoms with Crippen molar-refractivity contribution in [2.24, 2.45) is 0 Å². The van der Waals surface area contributed by atoms with Gasteiger partial charge in [-0.2, -0.15) is 0 Å². The summed E-state index contributed by atoms with van der Waals surface area (Å²) in [5.41, 5.74) is -3.13. The molecule has 1 fully saturated rings. The summed E-state index contributed by atoms with van der Waals surface area (Å²) in [6, 6.07) is 4.66. The molecule has 0 aliphatic carbocycles. The Balaban J connectivity index is 2.59. The van der Waals surface area contributed by atoms with E-state index in [1.807, 2.05) is 5.32 Å². The number of piperidine rings is 1. The van der Waals surface area contributed by atoms with E-state index in [9.17, 15) is 22.4 Å². The van der Waals surface area contributed by atoms with E-state index in [0.717, 1.165) is 12.1 Å². The maximum atomic E-state index is 13.9. The number of alkyl halides is 3. The van der Waals surface area contributed by atoms with Gasteiger partial charge in [-0.1, -0.05) is 18.2 Å². The quantitative estimate of drug-likeness (QED) is 0.814. The number of amides is 1. The summed E-state index contributed by atoms with van der Waals surface area (Å²) in [5, 5.41) is 1.92. The van der Waals surface area contributed by atoms with Gasteiger partial charge in [0.25, 0.3) is 5.92 Å². The Kier molecular flexibility index (Phi) is 3.04. The number of halogens is 4. The molecule has 2 rings (SSSR count). The minimum absolute atomic E-state index is 0.400. The first kappa shape index (κ1) is 12.9. The van der Waals surface area contributed by atoms with Gasteiger partial charge < -0.3 is 5.32 Å². The molecule has 1 N–H and O–H groups in total. The van der Waals surface area contributed by atoms with Crippen LogP contribution in [0.2, 0.25) is 0 Å². The molecule has 1 aromatic rings. The van der Waals surface area contributed by atoms with Crippen molar-refractivity contribution in [2.45, 2.75) is 24.3 Å². The van der Waals surface area contributed by atoms with Gasteiger partial charge in [-0.05, 0) is 6.07 Å². The van der Waals surface area contributed by atoms with Gasteiger partial charge in [-0.15, -0.1) is 0 Å². The van der Waals surface area contributed by atoms with Crippen LogP contribution >= 0.6 is 0 Å². The van der Waals surface area contributed by atoms with Gasteiger partial charge in [0.2, 0.25) is 5.91 Å². The second kappa shape index (κ2) is 4.26. The molecule has 6 heteroatoms. The van der Waals surface area contributed by atoms with Gasteiger partial charge in [0, 0.05) is 18.4 Å². The number of hydrogen-bond donors (Lipinski definition) is 1. The summed E-state index contributed by atoms with van der Waals surface area (Å²) in [4.78, 5) is 11.3. The zero-order valence-electron chi connectivity index (χ0n) is 9.35. The van der Waals surface area contributed by atoms with Crippen LogP contribution in [0.25, 0.3) is 0 Å². The topological polar surface area (TPSA) is 29.1 Å². The molecule has 0 bridgehead atoms. The van der Waals surface area contributed by atoms with E-state index >= 15 is 0 Å². The number of carbonyl (C=O) groups is 1. The Morgan fingerprint density at radius 1 is 1.28 bits per heavy atom. The van der Waals surface area contributed by atoms with E-state index in [2.05, 4.69) is 0 Å². The van der Waals surface area contributed by atoms with Crippen molar-refractivity contribution in [3.8, 4) is 0 Å². The van der Waals surface area contributed by atoms with E-state index in [-0.39, 0.29) is 0 Å². The third kappa shape index (κ3) is 1.76. The minimum Gasteiger partial charge on any atom is -0.339 e. The molecule has 1 saturated heterocycles. The van der Waals surface area contributed by atoms with Crippen molar-refractivity contribution in [2.75, 3.05) is 6.67 Å². The summed E-state index contributed by atoms with van der Waals surface area (Å²) >= 11 is 0. The highest BCUT2D eigenvalue weighted by atomic mass is 19.3. The average molecular weight is 261 g/mol. The van der Waals surface area contributed by atoms with E-state index in [1.54, 1.807) is 0 Å². The maximum absolute atomic E-state index is 13.9. The predicted molar refractivity (Wildman–Crippen MR) is 56.4 cm³/mol. The van der Waals surface area contributed by atoms with Crippen molar-refractivity contribution in [3.63, 3.8) is 0 Å². The third-order valence-electron chi connectivity index (χ3n) is 3.18. The molecule has 1 heterocycles. The zero-order chi connectivity index (χ0) is 13.4. The number of hydrogen-bond acceptors (Lipinski definition) is 1. The maximum Gasteiger partial charge on any atom is 0.278 e.